The summed E-state index contributed by atoms with van der Waals surface area (Å²) in [6.07, 6.45) is 14.1. The molecule has 0 bridgehead atoms. The second-order valence-corrected chi connectivity index (χ2v) is 15.3. The third kappa shape index (κ3) is 3.56. The molecule has 3 heteroatoms. The first-order valence-corrected chi connectivity index (χ1v) is 14.6. The van der Waals surface area contributed by atoms with Crippen molar-refractivity contribution in [1.29, 1.82) is 0 Å². The van der Waals surface area contributed by atoms with Crippen LogP contribution in [-0.2, 0) is 14.3 Å². The van der Waals surface area contributed by atoms with Gasteiger partial charge in [-0.15, -0.1) is 0 Å². The molecule has 4 fully saturated rings. The number of Topliss-reactive ketones (excluding diaryl/α,β-unsaturated/α-hetero) is 1. The van der Waals surface area contributed by atoms with E-state index >= 15 is 0 Å². The molecule has 0 unspecified atom stereocenters. The van der Waals surface area contributed by atoms with Gasteiger partial charge in [0, 0.05) is 24.2 Å². The van der Waals surface area contributed by atoms with Gasteiger partial charge in [-0.05, 0) is 97.7 Å². The number of allylic oxidation sites excluding steroid dienone is 2. The molecule has 5 aliphatic rings. The van der Waals surface area contributed by atoms with Crippen molar-refractivity contribution in [2.24, 2.45) is 50.7 Å². The molecule has 0 N–H and O–H groups in total. The van der Waals surface area contributed by atoms with Gasteiger partial charge in [0.1, 0.15) is 11.9 Å². The van der Waals surface area contributed by atoms with Crippen LogP contribution in [-0.4, -0.2) is 17.9 Å². The summed E-state index contributed by atoms with van der Waals surface area (Å²) in [6, 6.07) is 0. The molecule has 0 amide bonds. The van der Waals surface area contributed by atoms with Crippen molar-refractivity contribution in [1.82, 2.24) is 0 Å². The van der Waals surface area contributed by atoms with Crippen molar-refractivity contribution >= 4 is 11.8 Å². The standard InChI is InChI=1S/C32H50O3/c1-20(33)35-27-15-18-32(8)24(29(27,4)5)13-16-30(6)19-21-9-11-23-28(2,3)26(34)14-17-31(23,7)22(21)10-12-25(30)32/h9,22-25,27H,10-19H2,1-8H3/t22-,23-,24+,25+,27+,30+,31-,32+/m1/s1. The predicted molar refractivity (Wildman–Crippen MR) is 141 cm³/mol. The molecule has 196 valence electrons. The predicted octanol–water partition coefficient (Wildman–Crippen LogP) is 7.92. The summed E-state index contributed by atoms with van der Waals surface area (Å²) in [7, 11) is 0. The van der Waals surface area contributed by atoms with E-state index in [9.17, 15) is 9.59 Å². The van der Waals surface area contributed by atoms with E-state index in [1.807, 2.05) is 0 Å². The molecule has 0 radical (unpaired) electrons. The zero-order chi connectivity index (χ0) is 25.6. The molecule has 0 spiro atoms. The van der Waals surface area contributed by atoms with Crippen molar-refractivity contribution in [3.63, 3.8) is 0 Å². The molecule has 0 aliphatic heterocycles. The fourth-order valence-corrected chi connectivity index (χ4v) is 11.2. The Kier molecular flexibility index (Phi) is 5.79. The summed E-state index contributed by atoms with van der Waals surface area (Å²) < 4.78 is 5.89. The minimum absolute atomic E-state index is 0.0170. The zero-order valence-electron chi connectivity index (χ0n) is 23.8. The Morgan fingerprint density at radius 2 is 1.57 bits per heavy atom. The van der Waals surface area contributed by atoms with Crippen molar-refractivity contribution in [2.75, 3.05) is 0 Å². The van der Waals surface area contributed by atoms with Gasteiger partial charge in [0.2, 0.25) is 0 Å². The maximum absolute atomic E-state index is 12.9. The van der Waals surface area contributed by atoms with E-state index in [1.165, 1.54) is 38.5 Å². The SMILES string of the molecule is CC(=O)O[C@H]1CC[C@@]2(C)[C@@H](CC[C@@]3(C)CC4=CC[C@@H]5C(C)(C)C(=O)CC[C@]5(C)[C@@H]4CC[C@@H]32)C1(C)C. The van der Waals surface area contributed by atoms with E-state index in [0.29, 0.717) is 40.3 Å². The van der Waals surface area contributed by atoms with Crippen LogP contribution >= 0.6 is 0 Å². The van der Waals surface area contributed by atoms with Gasteiger partial charge in [-0.25, -0.2) is 0 Å². The Bertz CT molecular complexity index is 942. The zero-order valence-corrected chi connectivity index (χ0v) is 23.8. The molecule has 5 rings (SSSR count). The molecule has 5 aliphatic carbocycles. The van der Waals surface area contributed by atoms with Crippen LogP contribution in [0.4, 0.5) is 0 Å². The molecule has 35 heavy (non-hydrogen) atoms. The number of carbonyl (C=O) groups is 2. The highest BCUT2D eigenvalue weighted by Gasteiger charge is 2.63. The van der Waals surface area contributed by atoms with Crippen molar-refractivity contribution < 1.29 is 14.3 Å². The lowest BCUT2D eigenvalue weighted by atomic mass is 9.42. The topological polar surface area (TPSA) is 43.4 Å². The van der Waals surface area contributed by atoms with Crippen molar-refractivity contribution in [2.45, 2.75) is 126 Å². The molecule has 3 nitrogen and oxygen atoms in total. The minimum Gasteiger partial charge on any atom is -0.462 e. The molecule has 0 heterocycles. The van der Waals surface area contributed by atoms with Gasteiger partial charge in [-0.1, -0.05) is 60.1 Å². The summed E-state index contributed by atoms with van der Waals surface area (Å²) in [5.74, 6) is 2.75. The summed E-state index contributed by atoms with van der Waals surface area (Å²) in [4.78, 5) is 24.8. The summed E-state index contributed by atoms with van der Waals surface area (Å²) >= 11 is 0. The average molecular weight is 483 g/mol. The number of rotatable bonds is 1. The quantitative estimate of drug-likeness (QED) is 0.282. The van der Waals surface area contributed by atoms with Crippen LogP contribution in [0, 0.1) is 50.7 Å². The number of ketones is 1. The monoisotopic (exact) mass is 482 g/mol. The Hall–Kier alpha value is -1.12. The smallest absolute Gasteiger partial charge is 0.302 e. The van der Waals surface area contributed by atoms with E-state index in [2.05, 4.69) is 54.5 Å². The first kappa shape index (κ1) is 25.5. The molecule has 0 aromatic heterocycles. The summed E-state index contributed by atoms with van der Waals surface area (Å²) in [5, 5.41) is 0. The van der Waals surface area contributed by atoms with Gasteiger partial charge in [0.25, 0.3) is 0 Å². The Morgan fingerprint density at radius 1 is 0.857 bits per heavy atom. The fourth-order valence-electron chi connectivity index (χ4n) is 11.2. The van der Waals surface area contributed by atoms with Gasteiger partial charge in [-0.3, -0.25) is 9.59 Å². The minimum atomic E-state index is -0.200. The highest BCUT2D eigenvalue weighted by molar-refractivity contribution is 5.85. The molecule has 0 aromatic rings. The molecular formula is C32H50O3. The lowest BCUT2D eigenvalue weighted by Crippen LogP contribution is -2.59. The highest BCUT2D eigenvalue weighted by atomic mass is 16.5. The molecule has 8 atom stereocenters. The van der Waals surface area contributed by atoms with Crippen molar-refractivity contribution in [3.8, 4) is 0 Å². The maximum atomic E-state index is 12.9. The third-order valence-electron chi connectivity index (χ3n) is 12.9. The second kappa shape index (κ2) is 7.94. The Balaban J connectivity index is 1.47. The molecule has 0 aromatic carbocycles. The van der Waals surface area contributed by atoms with Crippen LogP contribution in [0.3, 0.4) is 0 Å². The van der Waals surface area contributed by atoms with Crippen LogP contribution in [0.2, 0.25) is 0 Å². The average Bonchev–Trinajstić information content (AvgIpc) is 2.90. The van der Waals surface area contributed by atoms with Crippen LogP contribution in [0.25, 0.3) is 0 Å². The van der Waals surface area contributed by atoms with Crippen LogP contribution < -0.4 is 0 Å². The van der Waals surface area contributed by atoms with E-state index in [0.717, 1.165) is 25.7 Å². The van der Waals surface area contributed by atoms with E-state index in [4.69, 9.17) is 4.74 Å². The molecule has 0 saturated heterocycles. The lowest BCUT2D eigenvalue weighted by molar-refractivity contribution is -0.191. The maximum Gasteiger partial charge on any atom is 0.302 e. The largest absolute Gasteiger partial charge is 0.462 e. The number of esters is 1. The van der Waals surface area contributed by atoms with E-state index in [1.54, 1.807) is 12.5 Å². The van der Waals surface area contributed by atoms with Gasteiger partial charge >= 0.3 is 5.97 Å². The number of fused-ring (bicyclic) bond motifs is 6. The van der Waals surface area contributed by atoms with Crippen LogP contribution in [0.15, 0.2) is 11.6 Å². The number of hydrogen-bond donors (Lipinski definition) is 0. The van der Waals surface area contributed by atoms with Gasteiger partial charge < -0.3 is 4.74 Å². The molecule has 4 saturated carbocycles. The number of ether oxygens (including phenoxy) is 1. The van der Waals surface area contributed by atoms with Crippen LogP contribution in [0.1, 0.15) is 120 Å². The number of hydrogen-bond acceptors (Lipinski definition) is 3. The fraction of sp³-hybridized carbons (Fsp3) is 0.875. The van der Waals surface area contributed by atoms with Gasteiger partial charge in [0.05, 0.1) is 0 Å². The van der Waals surface area contributed by atoms with E-state index in [-0.39, 0.29) is 28.3 Å². The first-order valence-electron chi connectivity index (χ1n) is 14.6. The lowest BCUT2D eigenvalue weighted by Gasteiger charge is -2.64. The summed E-state index contributed by atoms with van der Waals surface area (Å²) in [6.45, 7) is 18.5. The normalized spacial score (nSPS) is 48.3. The Labute approximate surface area is 214 Å². The van der Waals surface area contributed by atoms with Gasteiger partial charge in [-0.2, -0.15) is 0 Å². The van der Waals surface area contributed by atoms with Gasteiger partial charge in [0.15, 0.2) is 0 Å². The van der Waals surface area contributed by atoms with Crippen molar-refractivity contribution in [3.05, 3.63) is 11.6 Å². The second-order valence-electron chi connectivity index (χ2n) is 15.3. The van der Waals surface area contributed by atoms with E-state index < -0.39 is 0 Å². The summed E-state index contributed by atoms with van der Waals surface area (Å²) in [5.41, 5.74) is 2.44. The highest BCUT2D eigenvalue weighted by Crippen LogP contribution is 2.70. The molecular weight excluding hydrogens is 432 g/mol. The number of carbonyl (C=O) groups excluding carboxylic acids is 2. The first-order chi connectivity index (χ1) is 16.2. The Morgan fingerprint density at radius 3 is 2.26 bits per heavy atom. The third-order valence-corrected chi connectivity index (χ3v) is 12.9. The van der Waals surface area contributed by atoms with Crippen LogP contribution in [0.5, 0.6) is 0 Å².